The molecule has 0 spiro atoms. The van der Waals surface area contributed by atoms with Crippen LogP contribution in [-0.2, 0) is 4.79 Å². The normalized spacial score (nSPS) is 12.4. The molecule has 0 bridgehead atoms. The van der Waals surface area contributed by atoms with Crippen molar-refractivity contribution in [2.24, 2.45) is 0 Å². The number of hydrogen-bond acceptors (Lipinski definition) is 2. The van der Waals surface area contributed by atoms with E-state index in [4.69, 9.17) is 5.11 Å². The summed E-state index contributed by atoms with van der Waals surface area (Å²) < 4.78 is 0.813. The van der Waals surface area contributed by atoms with Gasteiger partial charge in [0, 0.05) is 4.47 Å². The summed E-state index contributed by atoms with van der Waals surface area (Å²) >= 11 is 3.33. The fourth-order valence-electron chi connectivity index (χ4n) is 1.24. The molecule has 0 saturated heterocycles. The van der Waals surface area contributed by atoms with Crippen LogP contribution in [0.5, 0.6) is 0 Å². The number of benzene rings is 1. The molecule has 0 fully saturated rings. The second kappa shape index (κ2) is 5.12. The smallest absolute Gasteiger partial charge is 0.325 e. The van der Waals surface area contributed by atoms with Gasteiger partial charge < -0.3 is 10.4 Å². The van der Waals surface area contributed by atoms with Crippen LogP contribution in [0.4, 0.5) is 0 Å². The third-order valence-electron chi connectivity index (χ3n) is 1.87. The molecule has 1 rings (SSSR count). The van der Waals surface area contributed by atoms with E-state index in [1.54, 1.807) is 6.07 Å². The number of carboxylic acids is 1. The van der Waals surface area contributed by atoms with Gasteiger partial charge in [-0.1, -0.05) is 41.1 Å². The van der Waals surface area contributed by atoms with Crippen LogP contribution in [0.3, 0.4) is 0 Å². The zero-order valence-corrected chi connectivity index (χ0v) is 9.41. The number of rotatable bonds is 4. The van der Waals surface area contributed by atoms with Crippen molar-refractivity contribution in [2.75, 3.05) is 6.54 Å². The summed E-state index contributed by atoms with van der Waals surface area (Å²) in [5.74, 6) is -0.862. The molecule has 2 N–H and O–H groups in total. The quantitative estimate of drug-likeness (QED) is 0.870. The van der Waals surface area contributed by atoms with Crippen molar-refractivity contribution < 1.29 is 9.90 Å². The summed E-state index contributed by atoms with van der Waals surface area (Å²) in [7, 11) is 0. The third kappa shape index (κ3) is 2.56. The molecule has 3 nitrogen and oxygen atoms in total. The first-order chi connectivity index (χ1) is 6.66. The Kier molecular flexibility index (Phi) is 4.10. The summed E-state index contributed by atoms with van der Waals surface area (Å²) in [5, 5.41) is 11.9. The van der Waals surface area contributed by atoms with Crippen molar-refractivity contribution in [1.82, 2.24) is 5.32 Å². The molecular weight excluding hydrogens is 246 g/mol. The van der Waals surface area contributed by atoms with Gasteiger partial charge in [0.2, 0.25) is 0 Å². The van der Waals surface area contributed by atoms with Crippen LogP contribution in [0.1, 0.15) is 18.5 Å². The Hall–Kier alpha value is -0.870. The predicted molar refractivity (Wildman–Crippen MR) is 58.2 cm³/mol. The van der Waals surface area contributed by atoms with Gasteiger partial charge >= 0.3 is 5.97 Å². The van der Waals surface area contributed by atoms with Crippen LogP contribution < -0.4 is 5.32 Å². The molecular formula is C10H12BrNO2. The zero-order valence-electron chi connectivity index (χ0n) is 7.83. The maximum Gasteiger partial charge on any atom is 0.325 e. The summed E-state index contributed by atoms with van der Waals surface area (Å²) in [6, 6.07) is 6.68. The molecule has 0 amide bonds. The molecule has 1 unspecified atom stereocenters. The number of carboxylic acid groups (broad SMARTS) is 1. The number of aliphatic carboxylic acids is 1. The molecule has 0 aliphatic heterocycles. The first kappa shape index (κ1) is 11.2. The van der Waals surface area contributed by atoms with Gasteiger partial charge in [-0.3, -0.25) is 4.79 Å². The van der Waals surface area contributed by atoms with E-state index in [0.29, 0.717) is 6.54 Å². The van der Waals surface area contributed by atoms with Gasteiger partial charge in [-0.25, -0.2) is 0 Å². The lowest BCUT2D eigenvalue weighted by Crippen LogP contribution is -2.28. The van der Waals surface area contributed by atoms with Crippen LogP contribution in [0.25, 0.3) is 0 Å². The Bertz CT molecular complexity index is 328. The third-order valence-corrected chi connectivity index (χ3v) is 2.59. The monoisotopic (exact) mass is 257 g/mol. The van der Waals surface area contributed by atoms with Gasteiger partial charge in [0.05, 0.1) is 0 Å². The molecule has 0 aliphatic rings. The van der Waals surface area contributed by atoms with E-state index in [-0.39, 0.29) is 0 Å². The zero-order chi connectivity index (χ0) is 10.6. The lowest BCUT2D eigenvalue weighted by atomic mass is 10.1. The van der Waals surface area contributed by atoms with Gasteiger partial charge in [-0.05, 0) is 18.2 Å². The van der Waals surface area contributed by atoms with E-state index in [1.165, 1.54) is 0 Å². The SMILES string of the molecule is CCNC(C(=O)O)c1ccccc1Br. The second-order valence-corrected chi connectivity index (χ2v) is 3.70. The molecule has 0 aliphatic carbocycles. The number of carbonyl (C=O) groups is 1. The standard InChI is InChI=1S/C10H12BrNO2/c1-2-12-9(10(13)14)7-5-3-4-6-8(7)11/h3-6,9,12H,2H2,1H3,(H,13,14). The highest BCUT2D eigenvalue weighted by Gasteiger charge is 2.19. The van der Waals surface area contributed by atoms with Crippen LogP contribution in [0, 0.1) is 0 Å². The van der Waals surface area contributed by atoms with Crippen molar-refractivity contribution in [3.05, 3.63) is 34.3 Å². The summed E-state index contributed by atoms with van der Waals surface area (Å²) in [4.78, 5) is 11.0. The molecule has 1 atom stereocenters. The minimum Gasteiger partial charge on any atom is -0.480 e. The molecule has 14 heavy (non-hydrogen) atoms. The molecule has 0 saturated carbocycles. The Morgan fingerprint density at radius 1 is 1.57 bits per heavy atom. The van der Waals surface area contributed by atoms with Crippen molar-refractivity contribution >= 4 is 21.9 Å². The maximum atomic E-state index is 11.0. The van der Waals surface area contributed by atoms with Gasteiger partial charge in [0.25, 0.3) is 0 Å². The van der Waals surface area contributed by atoms with Crippen LogP contribution in [0.15, 0.2) is 28.7 Å². The van der Waals surface area contributed by atoms with E-state index in [9.17, 15) is 4.79 Å². The summed E-state index contributed by atoms with van der Waals surface area (Å²) in [5.41, 5.74) is 0.752. The largest absolute Gasteiger partial charge is 0.480 e. The van der Waals surface area contributed by atoms with E-state index < -0.39 is 12.0 Å². The Morgan fingerprint density at radius 2 is 2.21 bits per heavy atom. The highest BCUT2D eigenvalue weighted by molar-refractivity contribution is 9.10. The van der Waals surface area contributed by atoms with E-state index >= 15 is 0 Å². The summed E-state index contributed by atoms with van der Waals surface area (Å²) in [6.45, 7) is 2.51. The van der Waals surface area contributed by atoms with Gasteiger partial charge in [-0.2, -0.15) is 0 Å². The van der Waals surface area contributed by atoms with Crippen molar-refractivity contribution in [2.45, 2.75) is 13.0 Å². The first-order valence-electron chi connectivity index (χ1n) is 4.37. The first-order valence-corrected chi connectivity index (χ1v) is 5.16. The molecule has 4 heteroatoms. The van der Waals surface area contributed by atoms with Crippen LogP contribution in [-0.4, -0.2) is 17.6 Å². The second-order valence-electron chi connectivity index (χ2n) is 2.85. The average molecular weight is 258 g/mol. The molecule has 0 heterocycles. The van der Waals surface area contributed by atoms with Crippen LogP contribution >= 0.6 is 15.9 Å². The van der Waals surface area contributed by atoms with Gasteiger partial charge in [0.1, 0.15) is 6.04 Å². The number of halogens is 1. The maximum absolute atomic E-state index is 11.0. The van der Waals surface area contributed by atoms with Crippen molar-refractivity contribution in [3.63, 3.8) is 0 Å². The topological polar surface area (TPSA) is 49.3 Å². The van der Waals surface area contributed by atoms with Crippen molar-refractivity contribution in [1.29, 1.82) is 0 Å². The summed E-state index contributed by atoms with van der Waals surface area (Å²) in [6.07, 6.45) is 0. The minimum atomic E-state index is -0.862. The lowest BCUT2D eigenvalue weighted by molar-refractivity contribution is -0.139. The van der Waals surface area contributed by atoms with E-state index in [0.717, 1.165) is 10.0 Å². The van der Waals surface area contributed by atoms with Crippen molar-refractivity contribution in [3.8, 4) is 0 Å². The Balaban J connectivity index is 2.99. The molecule has 0 aromatic heterocycles. The van der Waals surface area contributed by atoms with Gasteiger partial charge in [0.15, 0.2) is 0 Å². The van der Waals surface area contributed by atoms with E-state index in [1.807, 2.05) is 25.1 Å². The fourth-order valence-corrected chi connectivity index (χ4v) is 1.76. The fraction of sp³-hybridized carbons (Fsp3) is 0.300. The Labute approximate surface area is 91.3 Å². The van der Waals surface area contributed by atoms with Gasteiger partial charge in [-0.15, -0.1) is 0 Å². The number of nitrogens with one attached hydrogen (secondary N) is 1. The molecule has 1 aromatic rings. The highest BCUT2D eigenvalue weighted by atomic mass is 79.9. The van der Waals surface area contributed by atoms with E-state index in [2.05, 4.69) is 21.2 Å². The highest BCUT2D eigenvalue weighted by Crippen LogP contribution is 2.23. The molecule has 0 radical (unpaired) electrons. The Morgan fingerprint density at radius 3 is 2.71 bits per heavy atom. The molecule has 76 valence electrons. The minimum absolute atomic E-state index is 0.623. The lowest BCUT2D eigenvalue weighted by Gasteiger charge is -2.14. The molecule has 1 aromatic carbocycles. The predicted octanol–water partition coefficient (Wildman–Crippen LogP) is 2.18. The number of hydrogen-bond donors (Lipinski definition) is 2. The van der Waals surface area contributed by atoms with Crippen LogP contribution in [0.2, 0.25) is 0 Å². The number of likely N-dealkylation sites (N-methyl/N-ethyl adjacent to an activating group) is 1. The average Bonchev–Trinajstić information content (AvgIpc) is 2.15.